The van der Waals surface area contributed by atoms with Gasteiger partial charge >= 0.3 is 0 Å². The minimum Gasteiger partial charge on any atom is -0.326 e. The van der Waals surface area contributed by atoms with Crippen LogP contribution in [0.2, 0.25) is 0 Å². The van der Waals surface area contributed by atoms with E-state index in [2.05, 4.69) is 53.0 Å². The Morgan fingerprint density at radius 3 is 2.21 bits per heavy atom. The highest BCUT2D eigenvalue weighted by atomic mass is 79.9. The number of hydrogen-bond donors (Lipinski definition) is 1. The molecule has 1 rings (SSSR count). The fraction of sp³-hybridized carbons (Fsp3) is 0.733. The zero-order chi connectivity index (χ0) is 14.3. The highest BCUT2D eigenvalue weighted by Crippen LogP contribution is 2.31. The maximum Gasteiger partial charge on any atom is 0.0591 e. The number of hydrogen-bond acceptors (Lipinski definition) is 3. The number of rotatable bonds is 9. The van der Waals surface area contributed by atoms with Gasteiger partial charge in [-0.3, -0.25) is 4.90 Å². The Balaban J connectivity index is 2.84. The van der Waals surface area contributed by atoms with E-state index >= 15 is 0 Å². The van der Waals surface area contributed by atoms with Gasteiger partial charge in [0.1, 0.15) is 0 Å². The molecule has 2 nitrogen and oxygen atoms in total. The quantitative estimate of drug-likeness (QED) is 0.695. The maximum absolute atomic E-state index is 6.27. The van der Waals surface area contributed by atoms with Crippen LogP contribution in [0.25, 0.3) is 0 Å². The first-order valence-corrected chi connectivity index (χ1v) is 9.01. The van der Waals surface area contributed by atoms with Gasteiger partial charge in [-0.2, -0.15) is 0 Å². The molecule has 2 N–H and O–H groups in total. The van der Waals surface area contributed by atoms with E-state index in [0.717, 1.165) is 13.1 Å². The van der Waals surface area contributed by atoms with Crippen LogP contribution in [0.4, 0.5) is 0 Å². The SMILES string of the molecule is CCCCN(CCCC)C(c1cc(Br)cs1)C(C)N. The van der Waals surface area contributed by atoms with Gasteiger partial charge in [-0.05, 0) is 54.9 Å². The van der Waals surface area contributed by atoms with Crippen LogP contribution >= 0.6 is 27.3 Å². The molecule has 2 atom stereocenters. The van der Waals surface area contributed by atoms with E-state index < -0.39 is 0 Å². The van der Waals surface area contributed by atoms with E-state index in [0.29, 0.717) is 6.04 Å². The minimum absolute atomic E-state index is 0.166. The molecule has 1 aromatic rings. The lowest BCUT2D eigenvalue weighted by atomic mass is 10.1. The minimum atomic E-state index is 0.166. The first-order chi connectivity index (χ1) is 9.10. The third-order valence-corrected chi connectivity index (χ3v) is 5.13. The van der Waals surface area contributed by atoms with Crippen LogP contribution < -0.4 is 5.73 Å². The molecule has 110 valence electrons. The predicted molar refractivity (Wildman–Crippen MR) is 89.8 cm³/mol. The van der Waals surface area contributed by atoms with Crippen molar-refractivity contribution in [2.45, 2.75) is 58.5 Å². The summed E-state index contributed by atoms with van der Waals surface area (Å²) < 4.78 is 1.17. The Bertz CT molecular complexity index is 344. The van der Waals surface area contributed by atoms with Crippen LogP contribution in [0.3, 0.4) is 0 Å². The lowest BCUT2D eigenvalue weighted by molar-refractivity contribution is 0.174. The van der Waals surface area contributed by atoms with Crippen LogP contribution in [-0.2, 0) is 0 Å². The van der Waals surface area contributed by atoms with Crippen molar-refractivity contribution in [2.75, 3.05) is 13.1 Å². The van der Waals surface area contributed by atoms with Gasteiger partial charge in [-0.25, -0.2) is 0 Å². The van der Waals surface area contributed by atoms with E-state index in [1.54, 1.807) is 0 Å². The monoisotopic (exact) mass is 346 g/mol. The second-order valence-electron chi connectivity index (χ2n) is 5.21. The third kappa shape index (κ3) is 5.54. The van der Waals surface area contributed by atoms with Crippen LogP contribution in [0.1, 0.15) is 57.4 Å². The second-order valence-corrected chi connectivity index (χ2v) is 7.07. The summed E-state index contributed by atoms with van der Waals surface area (Å²) in [5.74, 6) is 0. The van der Waals surface area contributed by atoms with Gasteiger partial charge in [0.25, 0.3) is 0 Å². The average Bonchev–Trinajstić information content (AvgIpc) is 2.78. The van der Waals surface area contributed by atoms with Crippen molar-refractivity contribution in [3.63, 3.8) is 0 Å². The van der Waals surface area contributed by atoms with E-state index in [-0.39, 0.29) is 6.04 Å². The Labute approximate surface area is 130 Å². The van der Waals surface area contributed by atoms with Crippen molar-refractivity contribution in [1.29, 1.82) is 0 Å². The fourth-order valence-corrected chi connectivity index (χ4v) is 4.06. The molecule has 0 bridgehead atoms. The van der Waals surface area contributed by atoms with Crippen molar-refractivity contribution in [3.05, 3.63) is 20.8 Å². The molecule has 0 amide bonds. The van der Waals surface area contributed by atoms with Crippen molar-refractivity contribution < 1.29 is 0 Å². The lowest BCUT2D eigenvalue weighted by Gasteiger charge is -2.33. The number of nitrogens with two attached hydrogens (primary N) is 1. The van der Waals surface area contributed by atoms with E-state index in [1.807, 2.05) is 11.3 Å². The average molecular weight is 347 g/mol. The highest BCUT2D eigenvalue weighted by molar-refractivity contribution is 9.10. The molecule has 0 aliphatic heterocycles. The zero-order valence-corrected chi connectivity index (χ0v) is 14.8. The molecule has 19 heavy (non-hydrogen) atoms. The normalized spacial score (nSPS) is 14.8. The molecular formula is C15H27BrN2S. The van der Waals surface area contributed by atoms with Crippen LogP contribution in [0.15, 0.2) is 15.9 Å². The summed E-state index contributed by atoms with van der Waals surface area (Å²) in [6.45, 7) is 8.93. The lowest BCUT2D eigenvalue weighted by Crippen LogP contribution is -2.40. The number of nitrogens with zero attached hydrogens (tertiary/aromatic N) is 1. The smallest absolute Gasteiger partial charge is 0.0591 e. The van der Waals surface area contributed by atoms with Gasteiger partial charge in [-0.15, -0.1) is 11.3 Å². The van der Waals surface area contributed by atoms with E-state index in [4.69, 9.17) is 5.73 Å². The summed E-state index contributed by atoms with van der Waals surface area (Å²) >= 11 is 5.37. The molecule has 0 fully saturated rings. The van der Waals surface area contributed by atoms with Gasteiger partial charge in [-0.1, -0.05) is 26.7 Å². The maximum atomic E-state index is 6.27. The zero-order valence-electron chi connectivity index (χ0n) is 12.4. The molecule has 2 unspecified atom stereocenters. The fourth-order valence-electron chi connectivity index (χ4n) is 2.37. The van der Waals surface area contributed by atoms with Crippen molar-refractivity contribution >= 4 is 27.3 Å². The molecule has 1 heterocycles. The molecule has 0 aliphatic carbocycles. The summed E-state index contributed by atoms with van der Waals surface area (Å²) in [6.07, 6.45) is 4.98. The van der Waals surface area contributed by atoms with Gasteiger partial charge in [0.2, 0.25) is 0 Å². The summed E-state index contributed by atoms with van der Waals surface area (Å²) in [4.78, 5) is 3.96. The molecule has 0 saturated carbocycles. The Morgan fingerprint density at radius 1 is 1.26 bits per heavy atom. The number of thiophene rings is 1. The van der Waals surface area contributed by atoms with E-state index in [9.17, 15) is 0 Å². The number of halogens is 1. The van der Waals surface area contributed by atoms with Crippen LogP contribution in [-0.4, -0.2) is 24.0 Å². The summed E-state index contributed by atoms with van der Waals surface area (Å²) in [5.41, 5.74) is 6.27. The van der Waals surface area contributed by atoms with Crippen LogP contribution in [0.5, 0.6) is 0 Å². The molecular weight excluding hydrogens is 320 g/mol. The Hall–Kier alpha value is 0.1000. The standard InChI is InChI=1S/C15H27BrN2S/c1-4-6-8-18(9-7-5-2)15(12(3)17)14-10-13(16)11-19-14/h10-12,15H,4-9,17H2,1-3H3. The molecule has 0 aliphatic rings. The predicted octanol–water partition coefficient (Wildman–Crippen LogP) is 4.80. The summed E-state index contributed by atoms with van der Waals surface area (Å²) in [7, 11) is 0. The van der Waals surface area contributed by atoms with Gasteiger partial charge < -0.3 is 5.73 Å². The molecule has 0 spiro atoms. The van der Waals surface area contributed by atoms with Gasteiger partial charge in [0, 0.05) is 20.8 Å². The summed E-state index contributed by atoms with van der Waals surface area (Å²) in [5, 5.41) is 2.16. The topological polar surface area (TPSA) is 29.3 Å². The summed E-state index contributed by atoms with van der Waals surface area (Å²) in [6, 6.07) is 2.75. The van der Waals surface area contributed by atoms with Crippen molar-refractivity contribution in [2.24, 2.45) is 5.73 Å². The van der Waals surface area contributed by atoms with Gasteiger partial charge in [0.05, 0.1) is 6.04 Å². The van der Waals surface area contributed by atoms with Crippen molar-refractivity contribution in [3.8, 4) is 0 Å². The first-order valence-electron chi connectivity index (χ1n) is 7.33. The largest absolute Gasteiger partial charge is 0.326 e. The Morgan fingerprint density at radius 2 is 1.84 bits per heavy atom. The highest BCUT2D eigenvalue weighted by Gasteiger charge is 2.24. The Kier molecular flexibility index (Phi) is 8.23. The molecule has 0 aromatic carbocycles. The second kappa shape index (κ2) is 9.11. The molecule has 1 aromatic heterocycles. The molecule has 0 radical (unpaired) electrons. The van der Waals surface area contributed by atoms with Crippen LogP contribution in [0, 0.1) is 0 Å². The molecule has 4 heteroatoms. The third-order valence-electron chi connectivity index (χ3n) is 3.37. The van der Waals surface area contributed by atoms with Crippen molar-refractivity contribution in [1.82, 2.24) is 4.90 Å². The first kappa shape index (κ1) is 17.2. The molecule has 0 saturated heterocycles. The van der Waals surface area contributed by atoms with E-state index in [1.165, 1.54) is 35.0 Å². The van der Waals surface area contributed by atoms with Gasteiger partial charge in [0.15, 0.2) is 0 Å². The number of unbranched alkanes of at least 4 members (excludes halogenated alkanes) is 2.